The molecule has 20 heavy (non-hydrogen) atoms. The molecule has 3 atom stereocenters. The molecule has 1 aliphatic carbocycles. The fraction of sp³-hybridized carbons (Fsp3) is 0.824. The summed E-state index contributed by atoms with van der Waals surface area (Å²) >= 11 is 0. The Morgan fingerprint density at radius 3 is 2.65 bits per heavy atom. The normalized spacial score (nSPS) is 26.1. The Kier molecular flexibility index (Phi) is 8.08. The van der Waals surface area contributed by atoms with Crippen molar-refractivity contribution in [1.82, 2.24) is 10.9 Å². The van der Waals surface area contributed by atoms with Gasteiger partial charge >= 0.3 is 0 Å². The lowest BCUT2D eigenvalue weighted by Crippen LogP contribution is -2.33. The van der Waals surface area contributed by atoms with Crippen LogP contribution in [0.25, 0.3) is 0 Å². The highest BCUT2D eigenvalue weighted by molar-refractivity contribution is 5.81. The summed E-state index contributed by atoms with van der Waals surface area (Å²) in [6.45, 7) is 10.8. The maximum atomic E-state index is 8.09. The minimum atomic E-state index is 0.583. The molecule has 0 bridgehead atoms. The summed E-state index contributed by atoms with van der Waals surface area (Å²) in [6.07, 6.45) is 9.12. The number of hydrazine groups is 1. The molecule has 3 unspecified atom stereocenters. The van der Waals surface area contributed by atoms with Crippen molar-refractivity contribution in [1.29, 1.82) is 5.41 Å². The molecular weight excluding hydrogens is 246 g/mol. The van der Waals surface area contributed by atoms with Gasteiger partial charge in [0.1, 0.15) is 0 Å². The smallest absolute Gasteiger partial charge is 0.0152 e. The summed E-state index contributed by atoms with van der Waals surface area (Å²) in [6, 6.07) is 0. The lowest BCUT2D eigenvalue weighted by Gasteiger charge is -2.30. The molecular formula is C17H33N3. The highest BCUT2D eigenvalue weighted by Gasteiger charge is 2.24. The third-order valence-corrected chi connectivity index (χ3v) is 4.14. The first-order chi connectivity index (χ1) is 9.52. The maximum absolute atomic E-state index is 8.09. The molecule has 0 aromatic heterocycles. The second-order valence-electron chi connectivity index (χ2n) is 6.67. The van der Waals surface area contributed by atoms with Crippen molar-refractivity contribution in [2.75, 3.05) is 13.1 Å². The highest BCUT2D eigenvalue weighted by atomic mass is 15.3. The summed E-state index contributed by atoms with van der Waals surface area (Å²) < 4.78 is 0. The van der Waals surface area contributed by atoms with Gasteiger partial charge in [-0.3, -0.25) is 10.9 Å². The van der Waals surface area contributed by atoms with E-state index in [-0.39, 0.29) is 0 Å². The van der Waals surface area contributed by atoms with E-state index < -0.39 is 0 Å². The molecule has 0 saturated carbocycles. The second-order valence-corrected chi connectivity index (χ2v) is 6.67. The van der Waals surface area contributed by atoms with Crippen LogP contribution in [0.4, 0.5) is 0 Å². The Morgan fingerprint density at radius 2 is 2.05 bits per heavy atom. The molecule has 0 aliphatic heterocycles. The van der Waals surface area contributed by atoms with Crippen LogP contribution in [-0.2, 0) is 0 Å². The zero-order chi connectivity index (χ0) is 15.0. The minimum absolute atomic E-state index is 0.583. The van der Waals surface area contributed by atoms with Gasteiger partial charge in [0.15, 0.2) is 0 Å². The van der Waals surface area contributed by atoms with E-state index in [0.717, 1.165) is 49.4 Å². The Morgan fingerprint density at radius 1 is 1.30 bits per heavy atom. The van der Waals surface area contributed by atoms with Crippen LogP contribution < -0.4 is 10.9 Å². The summed E-state index contributed by atoms with van der Waals surface area (Å²) in [5.41, 5.74) is 7.08. The van der Waals surface area contributed by atoms with E-state index >= 15 is 0 Å². The minimum Gasteiger partial charge on any atom is -0.310 e. The van der Waals surface area contributed by atoms with Gasteiger partial charge in [0.25, 0.3) is 0 Å². The van der Waals surface area contributed by atoms with Crippen molar-refractivity contribution in [2.24, 2.45) is 23.7 Å². The van der Waals surface area contributed by atoms with Crippen molar-refractivity contribution in [3.05, 3.63) is 12.2 Å². The predicted octanol–water partition coefficient (Wildman–Crippen LogP) is 3.77. The quantitative estimate of drug-likeness (QED) is 0.260. The van der Waals surface area contributed by atoms with Gasteiger partial charge in [-0.2, -0.15) is 0 Å². The molecule has 0 aromatic rings. The number of hydrogen-bond acceptors (Lipinski definition) is 3. The van der Waals surface area contributed by atoms with Gasteiger partial charge in [-0.15, -0.1) is 0 Å². The zero-order valence-electron chi connectivity index (χ0n) is 13.7. The van der Waals surface area contributed by atoms with Gasteiger partial charge in [-0.1, -0.05) is 39.8 Å². The third-order valence-electron chi connectivity index (χ3n) is 4.14. The van der Waals surface area contributed by atoms with E-state index in [0.29, 0.717) is 5.92 Å². The molecule has 0 saturated heterocycles. The molecule has 0 spiro atoms. The van der Waals surface area contributed by atoms with Crippen molar-refractivity contribution >= 4 is 5.71 Å². The molecule has 0 heterocycles. The number of allylic oxidation sites excluding steroid dienone is 2. The lowest BCUT2D eigenvalue weighted by atomic mass is 9.75. The first kappa shape index (κ1) is 17.4. The van der Waals surface area contributed by atoms with E-state index in [4.69, 9.17) is 5.41 Å². The molecule has 116 valence electrons. The molecule has 3 heteroatoms. The summed E-state index contributed by atoms with van der Waals surface area (Å²) in [5, 5.41) is 8.09. The monoisotopic (exact) mass is 279 g/mol. The van der Waals surface area contributed by atoms with Gasteiger partial charge in [-0.05, 0) is 49.4 Å². The number of hydrogen-bond donors (Lipinski definition) is 3. The Balaban J connectivity index is 2.30. The van der Waals surface area contributed by atoms with Gasteiger partial charge in [0, 0.05) is 18.8 Å². The van der Waals surface area contributed by atoms with Crippen molar-refractivity contribution in [3.63, 3.8) is 0 Å². The second kappa shape index (κ2) is 9.30. The Hall–Kier alpha value is -0.670. The van der Waals surface area contributed by atoms with Crippen molar-refractivity contribution in [3.8, 4) is 0 Å². The van der Waals surface area contributed by atoms with Gasteiger partial charge in [0.05, 0.1) is 0 Å². The number of nitrogens with one attached hydrogen (secondary N) is 3. The Labute approximate surface area is 125 Å². The van der Waals surface area contributed by atoms with Crippen LogP contribution in [0.1, 0.15) is 53.4 Å². The van der Waals surface area contributed by atoms with Crippen LogP contribution in [-0.4, -0.2) is 18.8 Å². The van der Waals surface area contributed by atoms with E-state index in [1.54, 1.807) is 0 Å². The molecule has 3 N–H and O–H groups in total. The SMILES string of the molecule is CCNNCCC(=N)CC1C=CC(CC(C)C)C(C)C1. The first-order valence-electron chi connectivity index (χ1n) is 8.23. The topological polar surface area (TPSA) is 47.9 Å². The van der Waals surface area contributed by atoms with Crippen molar-refractivity contribution in [2.45, 2.75) is 53.4 Å². The number of rotatable bonds is 9. The van der Waals surface area contributed by atoms with Crippen LogP contribution >= 0.6 is 0 Å². The fourth-order valence-electron chi connectivity index (χ4n) is 3.07. The fourth-order valence-corrected chi connectivity index (χ4v) is 3.07. The molecule has 1 rings (SSSR count). The molecule has 0 fully saturated rings. The third kappa shape index (κ3) is 6.67. The van der Waals surface area contributed by atoms with Crippen LogP contribution in [0.15, 0.2) is 12.2 Å². The molecule has 1 aliphatic rings. The summed E-state index contributed by atoms with van der Waals surface area (Å²) in [5.74, 6) is 2.87. The van der Waals surface area contributed by atoms with Crippen LogP contribution in [0.2, 0.25) is 0 Å². The first-order valence-corrected chi connectivity index (χ1v) is 8.23. The Bertz CT molecular complexity index is 309. The molecule has 0 amide bonds. The van der Waals surface area contributed by atoms with Crippen LogP contribution in [0.3, 0.4) is 0 Å². The van der Waals surface area contributed by atoms with Crippen LogP contribution in [0, 0.1) is 29.1 Å². The van der Waals surface area contributed by atoms with E-state index in [9.17, 15) is 0 Å². The summed E-state index contributed by atoms with van der Waals surface area (Å²) in [7, 11) is 0. The van der Waals surface area contributed by atoms with Gasteiger partial charge in [-0.25, -0.2) is 0 Å². The standard InChI is InChI=1S/C17H33N3/c1-5-19-20-9-8-17(18)12-15-6-7-16(10-13(2)3)14(4)11-15/h6-7,13-16,18-20H,5,8-12H2,1-4H3. The van der Waals surface area contributed by atoms with E-state index in [2.05, 4.69) is 50.7 Å². The predicted molar refractivity (Wildman–Crippen MR) is 88.0 cm³/mol. The molecule has 0 radical (unpaired) electrons. The lowest BCUT2D eigenvalue weighted by molar-refractivity contribution is 0.296. The van der Waals surface area contributed by atoms with Gasteiger partial charge in [0.2, 0.25) is 0 Å². The van der Waals surface area contributed by atoms with Crippen LogP contribution in [0.5, 0.6) is 0 Å². The highest BCUT2D eigenvalue weighted by Crippen LogP contribution is 2.33. The van der Waals surface area contributed by atoms with E-state index in [1.165, 1.54) is 12.8 Å². The van der Waals surface area contributed by atoms with Crippen molar-refractivity contribution < 1.29 is 0 Å². The molecule has 3 nitrogen and oxygen atoms in total. The average Bonchev–Trinajstić information content (AvgIpc) is 2.37. The summed E-state index contributed by atoms with van der Waals surface area (Å²) in [4.78, 5) is 0. The molecule has 0 aromatic carbocycles. The maximum Gasteiger partial charge on any atom is 0.0152 e. The largest absolute Gasteiger partial charge is 0.310 e. The van der Waals surface area contributed by atoms with Gasteiger partial charge < -0.3 is 5.41 Å². The average molecular weight is 279 g/mol. The zero-order valence-corrected chi connectivity index (χ0v) is 13.7. The van der Waals surface area contributed by atoms with E-state index in [1.807, 2.05) is 0 Å².